The molecule has 6 nitrogen and oxygen atoms in total. The quantitative estimate of drug-likeness (QED) is 0.805. The van der Waals surface area contributed by atoms with Crippen molar-refractivity contribution in [3.63, 3.8) is 0 Å². The van der Waals surface area contributed by atoms with E-state index in [2.05, 4.69) is 0 Å². The number of carbonyl (C=O) groups excluding carboxylic acids is 1. The van der Waals surface area contributed by atoms with Gasteiger partial charge in [-0.15, -0.1) is 0 Å². The summed E-state index contributed by atoms with van der Waals surface area (Å²) in [7, 11) is -2.04. The molecule has 0 spiro atoms. The molecule has 0 bridgehead atoms. The minimum absolute atomic E-state index is 0.0534. The third-order valence-corrected chi connectivity index (χ3v) is 6.90. The summed E-state index contributed by atoms with van der Waals surface area (Å²) in [6.07, 6.45) is -0.243. The van der Waals surface area contributed by atoms with Gasteiger partial charge in [0.25, 0.3) is 0 Å². The lowest BCUT2D eigenvalue weighted by Gasteiger charge is -2.32. The van der Waals surface area contributed by atoms with Crippen molar-refractivity contribution >= 4 is 21.6 Å². The molecule has 1 atom stereocenters. The van der Waals surface area contributed by atoms with Gasteiger partial charge in [0, 0.05) is 25.8 Å². The number of amides is 1. The highest BCUT2D eigenvalue weighted by atomic mass is 32.2. The van der Waals surface area contributed by atoms with Crippen LogP contribution in [0.1, 0.15) is 17.2 Å². The van der Waals surface area contributed by atoms with Gasteiger partial charge in [0.05, 0.1) is 24.0 Å². The monoisotopic (exact) mass is 390 g/mol. The minimum atomic E-state index is -3.72. The van der Waals surface area contributed by atoms with Gasteiger partial charge in [-0.1, -0.05) is 12.1 Å². The van der Waals surface area contributed by atoms with Crippen LogP contribution in [0.4, 0.5) is 10.1 Å². The van der Waals surface area contributed by atoms with Crippen LogP contribution in [-0.2, 0) is 26.0 Å². The third-order valence-electron chi connectivity index (χ3n) is 5.04. The van der Waals surface area contributed by atoms with Crippen molar-refractivity contribution in [3.8, 4) is 0 Å². The van der Waals surface area contributed by atoms with E-state index in [4.69, 9.17) is 4.74 Å². The Labute approximate surface area is 157 Å². The van der Waals surface area contributed by atoms with Crippen LogP contribution in [0.25, 0.3) is 0 Å². The Bertz CT molecular complexity index is 991. The van der Waals surface area contributed by atoms with Crippen LogP contribution in [0.2, 0.25) is 0 Å². The highest BCUT2D eigenvalue weighted by molar-refractivity contribution is 7.89. The molecule has 0 N–H and O–H groups in total. The van der Waals surface area contributed by atoms with Crippen LogP contribution >= 0.6 is 0 Å². The Morgan fingerprint density at radius 1 is 1.15 bits per heavy atom. The molecule has 1 amide bonds. The fourth-order valence-corrected chi connectivity index (χ4v) is 4.96. The summed E-state index contributed by atoms with van der Waals surface area (Å²) >= 11 is 0. The van der Waals surface area contributed by atoms with Gasteiger partial charge in [-0.25, -0.2) is 12.8 Å². The SMILES string of the molecule is CN1C(=O)Cc2cc(S(=O)(=O)N3CCOC(c4ccc(F)cc4)C3)ccc21. The smallest absolute Gasteiger partial charge is 0.243 e. The number of rotatable bonds is 3. The number of morpholine rings is 1. The summed E-state index contributed by atoms with van der Waals surface area (Å²) in [5, 5.41) is 0. The maximum Gasteiger partial charge on any atom is 0.243 e. The molecule has 2 aliphatic heterocycles. The molecular weight excluding hydrogens is 371 g/mol. The molecule has 1 fully saturated rings. The summed E-state index contributed by atoms with van der Waals surface area (Å²) in [5.41, 5.74) is 2.19. The molecule has 0 aromatic heterocycles. The number of hydrogen-bond donors (Lipinski definition) is 0. The molecule has 0 radical (unpaired) electrons. The Morgan fingerprint density at radius 3 is 2.63 bits per heavy atom. The number of halogens is 1. The Morgan fingerprint density at radius 2 is 1.89 bits per heavy atom. The van der Waals surface area contributed by atoms with Crippen molar-refractivity contribution in [1.82, 2.24) is 4.31 Å². The van der Waals surface area contributed by atoms with Gasteiger partial charge in [0.1, 0.15) is 5.82 Å². The zero-order valence-electron chi connectivity index (χ0n) is 14.8. The second-order valence-electron chi connectivity index (χ2n) is 6.69. The van der Waals surface area contributed by atoms with Gasteiger partial charge in [-0.2, -0.15) is 4.31 Å². The molecule has 2 heterocycles. The number of hydrogen-bond acceptors (Lipinski definition) is 4. The zero-order valence-corrected chi connectivity index (χ0v) is 15.6. The lowest BCUT2D eigenvalue weighted by Crippen LogP contribution is -2.42. The first-order chi connectivity index (χ1) is 12.9. The molecule has 8 heteroatoms. The zero-order chi connectivity index (χ0) is 19.2. The second-order valence-corrected chi connectivity index (χ2v) is 8.63. The van der Waals surface area contributed by atoms with E-state index in [0.29, 0.717) is 5.56 Å². The van der Waals surface area contributed by atoms with Crippen molar-refractivity contribution in [1.29, 1.82) is 0 Å². The topological polar surface area (TPSA) is 66.9 Å². The molecule has 1 saturated heterocycles. The molecule has 2 aromatic carbocycles. The Balaban J connectivity index is 1.59. The van der Waals surface area contributed by atoms with Gasteiger partial charge in [-0.05, 0) is 41.5 Å². The fourth-order valence-electron chi connectivity index (χ4n) is 3.48. The van der Waals surface area contributed by atoms with Crippen molar-refractivity contribution in [3.05, 3.63) is 59.4 Å². The summed E-state index contributed by atoms with van der Waals surface area (Å²) in [5.74, 6) is -0.404. The standard InChI is InChI=1S/C19H19FN2O4S/c1-21-17-7-6-16(10-14(17)11-19(21)23)27(24,25)22-8-9-26-18(12-22)13-2-4-15(20)5-3-13/h2-7,10,18H,8-9,11-12H2,1H3. The van der Waals surface area contributed by atoms with Crippen LogP contribution in [0.3, 0.4) is 0 Å². The number of benzene rings is 2. The van der Waals surface area contributed by atoms with Crippen molar-refractivity contribution in [2.24, 2.45) is 0 Å². The van der Waals surface area contributed by atoms with Gasteiger partial charge in [-0.3, -0.25) is 4.79 Å². The highest BCUT2D eigenvalue weighted by Gasteiger charge is 2.33. The molecule has 27 heavy (non-hydrogen) atoms. The van der Waals surface area contributed by atoms with Crippen molar-refractivity contribution in [2.75, 3.05) is 31.6 Å². The fraction of sp³-hybridized carbons (Fsp3) is 0.316. The average Bonchev–Trinajstić information content (AvgIpc) is 2.96. The first kappa shape index (κ1) is 18.1. The summed E-state index contributed by atoms with van der Waals surface area (Å²) in [6, 6.07) is 10.7. The van der Waals surface area contributed by atoms with Crippen LogP contribution in [-0.4, -0.2) is 45.4 Å². The van der Waals surface area contributed by atoms with Gasteiger partial charge >= 0.3 is 0 Å². The Hall–Kier alpha value is -2.29. The lowest BCUT2D eigenvalue weighted by molar-refractivity contribution is -0.117. The third kappa shape index (κ3) is 3.24. The molecule has 0 saturated carbocycles. The normalized spacial score (nSPS) is 20.7. The molecular formula is C19H19FN2O4S. The largest absolute Gasteiger partial charge is 0.371 e. The van der Waals surface area contributed by atoms with E-state index < -0.39 is 16.1 Å². The number of fused-ring (bicyclic) bond motifs is 1. The first-order valence-electron chi connectivity index (χ1n) is 8.63. The number of nitrogens with zero attached hydrogens (tertiary/aromatic N) is 2. The number of carbonyl (C=O) groups is 1. The second kappa shape index (κ2) is 6.70. The van der Waals surface area contributed by atoms with Crippen LogP contribution in [0.15, 0.2) is 47.4 Å². The number of likely N-dealkylation sites (N-methyl/N-ethyl adjacent to an activating group) is 1. The van der Waals surface area contributed by atoms with E-state index in [1.165, 1.54) is 27.4 Å². The van der Waals surface area contributed by atoms with E-state index in [1.54, 1.807) is 31.3 Å². The minimum Gasteiger partial charge on any atom is -0.371 e. The van der Waals surface area contributed by atoms with Gasteiger partial charge in [0.15, 0.2) is 0 Å². The molecule has 4 rings (SSSR count). The van der Waals surface area contributed by atoms with Crippen LogP contribution in [0, 0.1) is 5.82 Å². The van der Waals surface area contributed by atoms with Crippen LogP contribution in [0.5, 0.6) is 0 Å². The number of sulfonamides is 1. The van der Waals surface area contributed by atoms with Gasteiger partial charge < -0.3 is 9.64 Å². The average molecular weight is 390 g/mol. The summed E-state index contributed by atoms with van der Waals surface area (Å²) < 4.78 is 46.4. The summed E-state index contributed by atoms with van der Waals surface area (Å²) in [4.78, 5) is 13.5. The predicted octanol–water partition coefficient (Wildman–Crippen LogP) is 2.11. The maximum absolute atomic E-state index is 13.1. The van der Waals surface area contributed by atoms with E-state index in [1.807, 2.05) is 0 Å². The Kier molecular flexibility index (Phi) is 4.49. The van der Waals surface area contributed by atoms with Crippen molar-refractivity contribution in [2.45, 2.75) is 17.4 Å². The van der Waals surface area contributed by atoms with E-state index >= 15 is 0 Å². The maximum atomic E-state index is 13.1. The number of anilines is 1. The molecule has 0 aliphatic carbocycles. The van der Waals surface area contributed by atoms with Crippen LogP contribution < -0.4 is 4.90 Å². The molecule has 2 aliphatic rings. The summed E-state index contributed by atoms with van der Waals surface area (Å²) in [6.45, 7) is 0.660. The first-order valence-corrected chi connectivity index (χ1v) is 10.1. The predicted molar refractivity (Wildman–Crippen MR) is 97.4 cm³/mol. The lowest BCUT2D eigenvalue weighted by atomic mass is 10.1. The van der Waals surface area contributed by atoms with E-state index in [-0.39, 0.29) is 42.7 Å². The molecule has 2 aromatic rings. The molecule has 142 valence electrons. The van der Waals surface area contributed by atoms with E-state index in [0.717, 1.165) is 11.3 Å². The number of ether oxygens (including phenoxy) is 1. The highest BCUT2D eigenvalue weighted by Crippen LogP contribution is 2.32. The van der Waals surface area contributed by atoms with Crippen molar-refractivity contribution < 1.29 is 22.3 Å². The van der Waals surface area contributed by atoms with Gasteiger partial charge in [0.2, 0.25) is 15.9 Å². The van der Waals surface area contributed by atoms with E-state index in [9.17, 15) is 17.6 Å². The molecule has 1 unspecified atom stereocenters.